The molecule has 0 aliphatic carbocycles. The van der Waals surface area contributed by atoms with Crippen molar-refractivity contribution in [2.75, 3.05) is 0 Å². The summed E-state index contributed by atoms with van der Waals surface area (Å²) >= 11 is 0. The Morgan fingerprint density at radius 3 is 2.91 bits per heavy atom. The molecule has 2 aromatic rings. The average molecular weight is 148 g/mol. The largest absolute Gasteiger partial charge is 0.303 e. The van der Waals surface area contributed by atoms with Crippen LogP contribution in [0.5, 0.6) is 0 Å². The molecule has 0 bridgehead atoms. The summed E-state index contributed by atoms with van der Waals surface area (Å²) in [5, 5.41) is 0. The molecular formula is C6H4N4O. The van der Waals surface area contributed by atoms with E-state index in [2.05, 4.69) is 19.9 Å². The van der Waals surface area contributed by atoms with Crippen molar-refractivity contribution >= 4 is 11.3 Å². The summed E-state index contributed by atoms with van der Waals surface area (Å²) in [6, 6.07) is 0. The summed E-state index contributed by atoms with van der Waals surface area (Å²) in [6.45, 7) is 0. The first-order valence-corrected chi connectivity index (χ1v) is 3.02. The molecule has 0 spiro atoms. The van der Waals surface area contributed by atoms with E-state index in [1.54, 1.807) is 0 Å². The smallest absolute Gasteiger partial charge is 0.268 e. The third-order valence-corrected chi connectivity index (χ3v) is 1.22. The molecule has 5 nitrogen and oxygen atoms in total. The predicted molar refractivity (Wildman–Crippen MR) is 38.0 cm³/mol. The summed E-state index contributed by atoms with van der Waals surface area (Å²) in [7, 11) is 0. The minimum Gasteiger partial charge on any atom is -0.303 e. The van der Waals surface area contributed by atoms with Crippen molar-refractivity contribution in [3.05, 3.63) is 28.9 Å². The fourth-order valence-corrected chi connectivity index (χ4v) is 0.782. The molecule has 0 aliphatic heterocycles. The van der Waals surface area contributed by atoms with Gasteiger partial charge in [0.25, 0.3) is 5.56 Å². The summed E-state index contributed by atoms with van der Waals surface area (Å²) in [4.78, 5) is 24.7. The van der Waals surface area contributed by atoms with Gasteiger partial charge in [0.15, 0.2) is 11.3 Å². The zero-order valence-electron chi connectivity index (χ0n) is 5.48. The zero-order valence-corrected chi connectivity index (χ0v) is 5.48. The first-order chi connectivity index (χ1) is 5.36. The highest BCUT2D eigenvalue weighted by Crippen LogP contribution is 1.93. The van der Waals surface area contributed by atoms with Crippen molar-refractivity contribution in [3.8, 4) is 0 Å². The van der Waals surface area contributed by atoms with Gasteiger partial charge in [0.2, 0.25) is 0 Å². The molecule has 2 rings (SSSR count). The average Bonchev–Trinajstić information content (AvgIpc) is 2.04. The molecule has 0 aromatic carbocycles. The van der Waals surface area contributed by atoms with Gasteiger partial charge in [0.05, 0.1) is 6.20 Å². The zero-order chi connectivity index (χ0) is 7.68. The second kappa shape index (κ2) is 2.12. The van der Waals surface area contributed by atoms with E-state index in [9.17, 15) is 4.79 Å². The van der Waals surface area contributed by atoms with Crippen LogP contribution in [0.15, 0.2) is 23.4 Å². The molecule has 0 saturated carbocycles. The number of fused-ring (bicyclic) bond motifs is 1. The lowest BCUT2D eigenvalue weighted by molar-refractivity contribution is 1.12. The summed E-state index contributed by atoms with van der Waals surface area (Å²) in [6.07, 6.45) is 4.20. The van der Waals surface area contributed by atoms with E-state index in [-0.39, 0.29) is 5.56 Å². The number of nitrogens with zero attached hydrogens (tertiary/aromatic N) is 3. The van der Waals surface area contributed by atoms with Crippen LogP contribution in [0, 0.1) is 0 Å². The highest BCUT2D eigenvalue weighted by molar-refractivity contribution is 5.62. The molecule has 1 N–H and O–H groups in total. The SMILES string of the molecule is O=c1cnc2nccnc2[nH]1. The van der Waals surface area contributed by atoms with Crippen LogP contribution in [-0.4, -0.2) is 19.9 Å². The maximum absolute atomic E-state index is 10.7. The van der Waals surface area contributed by atoms with E-state index < -0.39 is 0 Å². The molecular weight excluding hydrogens is 144 g/mol. The van der Waals surface area contributed by atoms with E-state index in [1.807, 2.05) is 0 Å². The molecule has 11 heavy (non-hydrogen) atoms. The van der Waals surface area contributed by atoms with Gasteiger partial charge in [-0.15, -0.1) is 0 Å². The van der Waals surface area contributed by atoms with Gasteiger partial charge in [0.1, 0.15) is 0 Å². The van der Waals surface area contributed by atoms with Crippen molar-refractivity contribution in [1.29, 1.82) is 0 Å². The van der Waals surface area contributed by atoms with E-state index in [0.29, 0.717) is 11.3 Å². The maximum atomic E-state index is 10.7. The van der Waals surface area contributed by atoms with Crippen LogP contribution in [0.3, 0.4) is 0 Å². The third kappa shape index (κ3) is 0.958. The number of hydrogen-bond donors (Lipinski definition) is 1. The van der Waals surface area contributed by atoms with Gasteiger partial charge in [-0.2, -0.15) is 0 Å². The second-order valence-corrected chi connectivity index (χ2v) is 1.98. The molecule has 2 heterocycles. The normalized spacial score (nSPS) is 10.2. The van der Waals surface area contributed by atoms with Crippen molar-refractivity contribution in [2.24, 2.45) is 0 Å². The minimum atomic E-state index is -0.266. The third-order valence-electron chi connectivity index (χ3n) is 1.22. The van der Waals surface area contributed by atoms with E-state index >= 15 is 0 Å². The van der Waals surface area contributed by atoms with E-state index in [4.69, 9.17) is 0 Å². The monoisotopic (exact) mass is 148 g/mol. The Hall–Kier alpha value is -1.78. The number of nitrogens with one attached hydrogen (secondary N) is 1. The number of aromatic nitrogens is 4. The van der Waals surface area contributed by atoms with Crippen LogP contribution < -0.4 is 5.56 Å². The van der Waals surface area contributed by atoms with Crippen LogP contribution in [0.25, 0.3) is 11.3 Å². The van der Waals surface area contributed by atoms with Gasteiger partial charge in [-0.1, -0.05) is 0 Å². The molecule has 0 unspecified atom stereocenters. The summed E-state index contributed by atoms with van der Waals surface area (Å²) in [5.74, 6) is 0. The van der Waals surface area contributed by atoms with Crippen LogP contribution in [0.4, 0.5) is 0 Å². The Morgan fingerprint density at radius 2 is 2.00 bits per heavy atom. The lowest BCUT2D eigenvalue weighted by Gasteiger charge is -1.90. The standard InChI is InChI=1S/C6H4N4O/c11-4-3-9-5-6(10-4)8-2-1-7-5/h1-3H,(H,8,10,11). The summed E-state index contributed by atoms with van der Waals surface area (Å²) in [5.41, 5.74) is 0.602. The predicted octanol–water partition coefficient (Wildman–Crippen LogP) is -0.287. The fraction of sp³-hybridized carbons (Fsp3) is 0. The Kier molecular flexibility index (Phi) is 1.15. The summed E-state index contributed by atoms with van der Waals surface area (Å²) < 4.78 is 0. The van der Waals surface area contributed by atoms with Crippen LogP contribution >= 0.6 is 0 Å². The minimum absolute atomic E-state index is 0.266. The maximum Gasteiger partial charge on any atom is 0.268 e. The van der Waals surface area contributed by atoms with E-state index in [1.165, 1.54) is 18.6 Å². The molecule has 0 atom stereocenters. The highest BCUT2D eigenvalue weighted by atomic mass is 16.1. The van der Waals surface area contributed by atoms with Crippen LogP contribution in [-0.2, 0) is 0 Å². The van der Waals surface area contributed by atoms with Gasteiger partial charge in [-0.05, 0) is 0 Å². The molecule has 5 heteroatoms. The molecule has 0 fully saturated rings. The number of H-pyrrole nitrogens is 1. The molecule has 0 amide bonds. The van der Waals surface area contributed by atoms with Crippen molar-refractivity contribution in [3.63, 3.8) is 0 Å². The Morgan fingerprint density at radius 1 is 1.18 bits per heavy atom. The van der Waals surface area contributed by atoms with Crippen LogP contribution in [0.2, 0.25) is 0 Å². The first kappa shape index (κ1) is 5.96. The molecule has 0 aliphatic rings. The lowest BCUT2D eigenvalue weighted by atomic mass is 10.6. The molecule has 0 saturated heterocycles. The second-order valence-electron chi connectivity index (χ2n) is 1.98. The lowest BCUT2D eigenvalue weighted by Crippen LogP contribution is -2.06. The first-order valence-electron chi connectivity index (χ1n) is 3.02. The van der Waals surface area contributed by atoms with Crippen molar-refractivity contribution in [1.82, 2.24) is 19.9 Å². The Bertz CT molecular complexity index is 436. The van der Waals surface area contributed by atoms with Gasteiger partial charge in [0, 0.05) is 12.4 Å². The van der Waals surface area contributed by atoms with Crippen molar-refractivity contribution in [2.45, 2.75) is 0 Å². The van der Waals surface area contributed by atoms with E-state index in [0.717, 1.165) is 0 Å². The number of aromatic amines is 1. The fourth-order valence-electron chi connectivity index (χ4n) is 0.782. The van der Waals surface area contributed by atoms with Gasteiger partial charge >= 0.3 is 0 Å². The molecule has 54 valence electrons. The quantitative estimate of drug-likeness (QED) is 0.557. The Balaban J connectivity index is 2.94. The van der Waals surface area contributed by atoms with Crippen LogP contribution in [0.1, 0.15) is 0 Å². The van der Waals surface area contributed by atoms with Gasteiger partial charge < -0.3 is 4.98 Å². The Labute approximate surface area is 61.2 Å². The number of rotatable bonds is 0. The topological polar surface area (TPSA) is 71.5 Å². The van der Waals surface area contributed by atoms with Gasteiger partial charge in [-0.3, -0.25) is 4.79 Å². The highest BCUT2D eigenvalue weighted by Gasteiger charge is 1.93. The van der Waals surface area contributed by atoms with Gasteiger partial charge in [-0.25, -0.2) is 15.0 Å². The molecule has 2 aromatic heterocycles. The van der Waals surface area contributed by atoms with Crippen molar-refractivity contribution < 1.29 is 0 Å². The molecule has 0 radical (unpaired) electrons. The number of hydrogen-bond acceptors (Lipinski definition) is 4.